The number of rotatable bonds is 1. The highest BCUT2D eigenvalue weighted by Crippen LogP contribution is 2.28. The number of halogens is 3. The first-order valence-electron chi connectivity index (χ1n) is 4.39. The highest BCUT2D eigenvalue weighted by atomic mass is 35.5. The summed E-state index contributed by atoms with van der Waals surface area (Å²) in [5.41, 5.74) is 0.401. The first-order chi connectivity index (χ1) is 7.20. The summed E-state index contributed by atoms with van der Waals surface area (Å²) in [4.78, 5) is 0. The zero-order chi connectivity index (χ0) is 10.8. The van der Waals surface area contributed by atoms with Gasteiger partial charge in [0.2, 0.25) is 0 Å². The molecule has 2 rings (SSSR count). The van der Waals surface area contributed by atoms with Gasteiger partial charge < -0.3 is 0 Å². The summed E-state index contributed by atoms with van der Waals surface area (Å²) in [5.74, 6) is -1.05. The highest BCUT2D eigenvalue weighted by Gasteiger charge is 2.11. The molecule has 0 heterocycles. The zero-order valence-corrected chi connectivity index (χ0v) is 8.43. The van der Waals surface area contributed by atoms with Crippen molar-refractivity contribution >= 4 is 11.6 Å². The molecule has 0 aliphatic heterocycles. The molecule has 0 saturated heterocycles. The molecule has 0 saturated carbocycles. The molecule has 0 aliphatic rings. The van der Waals surface area contributed by atoms with E-state index in [9.17, 15) is 8.78 Å². The molecule has 0 unspecified atom stereocenters. The second-order valence-electron chi connectivity index (χ2n) is 3.08. The van der Waals surface area contributed by atoms with Gasteiger partial charge in [0, 0.05) is 11.1 Å². The van der Waals surface area contributed by atoms with E-state index in [1.165, 1.54) is 24.3 Å². The van der Waals surface area contributed by atoms with Crippen LogP contribution in [0, 0.1) is 11.6 Å². The average Bonchev–Trinajstić information content (AvgIpc) is 2.23. The third-order valence-electron chi connectivity index (χ3n) is 2.12. The van der Waals surface area contributed by atoms with Gasteiger partial charge in [-0.05, 0) is 12.1 Å². The van der Waals surface area contributed by atoms with Gasteiger partial charge >= 0.3 is 0 Å². The normalized spacial score (nSPS) is 10.3. The second kappa shape index (κ2) is 3.99. The van der Waals surface area contributed by atoms with Crippen LogP contribution in [0.3, 0.4) is 0 Å². The maximum absolute atomic E-state index is 13.6. The lowest BCUT2D eigenvalue weighted by Gasteiger charge is -2.05. The summed E-state index contributed by atoms with van der Waals surface area (Å²) in [6, 6.07) is 10.5. The predicted octanol–water partition coefficient (Wildman–Crippen LogP) is 4.29. The molecule has 3 heteroatoms. The topological polar surface area (TPSA) is 0 Å². The first-order valence-corrected chi connectivity index (χ1v) is 4.77. The molecule has 0 fully saturated rings. The Balaban J connectivity index is 2.65. The Morgan fingerprint density at radius 2 is 1.47 bits per heavy atom. The molecule has 2 aromatic rings. The number of benzene rings is 2. The summed E-state index contributed by atoms with van der Waals surface area (Å²) >= 11 is 5.62. The van der Waals surface area contributed by atoms with Gasteiger partial charge in [0.15, 0.2) is 0 Å². The molecule has 76 valence electrons. The molecule has 15 heavy (non-hydrogen) atoms. The third kappa shape index (κ3) is 1.85. The number of hydrogen-bond acceptors (Lipinski definition) is 0. The van der Waals surface area contributed by atoms with Crippen molar-refractivity contribution in [2.75, 3.05) is 0 Å². The maximum atomic E-state index is 13.6. The molecule has 0 amide bonds. The Hall–Kier alpha value is -1.41. The predicted molar refractivity (Wildman–Crippen MR) is 56.8 cm³/mol. The van der Waals surface area contributed by atoms with Gasteiger partial charge in [-0.3, -0.25) is 0 Å². The van der Waals surface area contributed by atoms with Crippen molar-refractivity contribution < 1.29 is 8.78 Å². The smallest absolute Gasteiger partial charge is 0.149 e. The van der Waals surface area contributed by atoms with Crippen molar-refractivity contribution in [3.05, 3.63) is 59.1 Å². The molecule has 0 nitrogen and oxygen atoms in total. The molecule has 0 bridgehead atoms. The van der Waals surface area contributed by atoms with Gasteiger partial charge in [0.05, 0.1) is 5.02 Å². The monoisotopic (exact) mass is 224 g/mol. The van der Waals surface area contributed by atoms with E-state index in [0.717, 1.165) is 0 Å². The van der Waals surface area contributed by atoms with Crippen LogP contribution in [0.2, 0.25) is 5.02 Å². The van der Waals surface area contributed by atoms with Crippen LogP contribution < -0.4 is 0 Å². The fourth-order valence-electron chi connectivity index (χ4n) is 1.39. The molecule has 0 spiro atoms. The van der Waals surface area contributed by atoms with Crippen molar-refractivity contribution in [3.63, 3.8) is 0 Å². The Kier molecular flexibility index (Phi) is 2.69. The van der Waals surface area contributed by atoms with E-state index in [0.29, 0.717) is 0 Å². The fraction of sp³-hybridized carbons (Fsp3) is 0. The van der Waals surface area contributed by atoms with Crippen LogP contribution in [-0.2, 0) is 0 Å². The van der Waals surface area contributed by atoms with E-state index in [1.54, 1.807) is 18.2 Å². The highest BCUT2D eigenvalue weighted by molar-refractivity contribution is 6.31. The van der Waals surface area contributed by atoms with Crippen LogP contribution in [0.1, 0.15) is 0 Å². The van der Waals surface area contributed by atoms with Crippen molar-refractivity contribution in [2.24, 2.45) is 0 Å². The summed E-state index contributed by atoms with van der Waals surface area (Å²) in [6.45, 7) is 0. The van der Waals surface area contributed by atoms with Crippen LogP contribution >= 0.6 is 11.6 Å². The van der Waals surface area contributed by atoms with Gasteiger partial charge in [-0.2, -0.15) is 0 Å². The summed E-state index contributed by atoms with van der Waals surface area (Å²) in [5, 5.41) is -0.00393. The average molecular weight is 225 g/mol. The van der Waals surface area contributed by atoms with E-state index in [4.69, 9.17) is 11.6 Å². The lowest BCUT2D eigenvalue weighted by molar-refractivity contribution is 0.616. The van der Waals surface area contributed by atoms with Crippen molar-refractivity contribution in [2.45, 2.75) is 0 Å². The maximum Gasteiger partial charge on any atom is 0.149 e. The standard InChI is InChI=1S/C12H7ClF2/c13-10-6-3-5-9(12(10)15)8-4-1-2-7-11(8)14/h1-7H. The van der Waals surface area contributed by atoms with Crippen LogP contribution in [0.5, 0.6) is 0 Å². The van der Waals surface area contributed by atoms with Crippen molar-refractivity contribution in [3.8, 4) is 11.1 Å². The summed E-state index contributed by atoms with van der Waals surface area (Å²) in [7, 11) is 0. The number of hydrogen-bond donors (Lipinski definition) is 0. The quantitative estimate of drug-likeness (QED) is 0.678. The second-order valence-corrected chi connectivity index (χ2v) is 3.49. The van der Waals surface area contributed by atoms with E-state index in [-0.39, 0.29) is 16.1 Å². The van der Waals surface area contributed by atoms with E-state index >= 15 is 0 Å². The molecular formula is C12H7ClF2. The van der Waals surface area contributed by atoms with Crippen LogP contribution in [0.25, 0.3) is 11.1 Å². The molecule has 0 aromatic heterocycles. The Bertz CT molecular complexity index is 495. The molecule has 0 radical (unpaired) electrons. The van der Waals surface area contributed by atoms with Crippen LogP contribution in [0.4, 0.5) is 8.78 Å². The largest absolute Gasteiger partial charge is 0.206 e. The van der Waals surface area contributed by atoms with Crippen molar-refractivity contribution in [1.29, 1.82) is 0 Å². The Labute approximate surface area is 91.1 Å². The van der Waals surface area contributed by atoms with Gasteiger partial charge in [0.25, 0.3) is 0 Å². The third-order valence-corrected chi connectivity index (χ3v) is 2.41. The van der Waals surface area contributed by atoms with Gasteiger partial charge in [-0.25, -0.2) is 8.78 Å². The van der Waals surface area contributed by atoms with Gasteiger partial charge in [-0.1, -0.05) is 41.9 Å². The van der Waals surface area contributed by atoms with Gasteiger partial charge in [-0.15, -0.1) is 0 Å². The lowest BCUT2D eigenvalue weighted by Crippen LogP contribution is -1.88. The fourth-order valence-corrected chi connectivity index (χ4v) is 1.57. The van der Waals surface area contributed by atoms with E-state index in [2.05, 4.69) is 0 Å². The Morgan fingerprint density at radius 1 is 0.800 bits per heavy atom. The minimum absolute atomic E-state index is 0.00393. The molecular weight excluding hydrogens is 218 g/mol. The van der Waals surface area contributed by atoms with Crippen molar-refractivity contribution in [1.82, 2.24) is 0 Å². The Morgan fingerprint density at radius 3 is 2.20 bits per heavy atom. The van der Waals surface area contributed by atoms with Crippen LogP contribution in [-0.4, -0.2) is 0 Å². The minimum Gasteiger partial charge on any atom is -0.206 e. The van der Waals surface area contributed by atoms with E-state index < -0.39 is 11.6 Å². The molecule has 2 aromatic carbocycles. The van der Waals surface area contributed by atoms with E-state index in [1.807, 2.05) is 0 Å². The molecule has 0 N–H and O–H groups in total. The van der Waals surface area contributed by atoms with Gasteiger partial charge in [0.1, 0.15) is 11.6 Å². The summed E-state index contributed by atoms with van der Waals surface area (Å²) < 4.78 is 26.9. The lowest BCUT2D eigenvalue weighted by atomic mass is 10.0. The first kappa shape index (κ1) is 10.1. The summed E-state index contributed by atoms with van der Waals surface area (Å²) in [6.07, 6.45) is 0. The molecule has 0 atom stereocenters. The molecule has 0 aliphatic carbocycles. The zero-order valence-electron chi connectivity index (χ0n) is 7.68. The SMILES string of the molecule is Fc1ccccc1-c1cccc(Cl)c1F. The minimum atomic E-state index is -0.593. The van der Waals surface area contributed by atoms with Crippen LogP contribution in [0.15, 0.2) is 42.5 Å².